The van der Waals surface area contributed by atoms with Gasteiger partial charge in [-0.15, -0.1) is 0 Å². The summed E-state index contributed by atoms with van der Waals surface area (Å²) in [6.07, 6.45) is 5.59. The third kappa shape index (κ3) is 3.82. The van der Waals surface area contributed by atoms with Crippen molar-refractivity contribution in [3.63, 3.8) is 0 Å². The van der Waals surface area contributed by atoms with Gasteiger partial charge in [-0.2, -0.15) is 0 Å². The lowest BCUT2D eigenvalue weighted by molar-refractivity contribution is -0.125. The van der Waals surface area contributed by atoms with Crippen molar-refractivity contribution in [3.05, 3.63) is 46.5 Å². The van der Waals surface area contributed by atoms with Gasteiger partial charge in [0.05, 0.1) is 42.6 Å². The molecule has 4 atom stereocenters. The molecule has 4 unspecified atom stereocenters. The van der Waals surface area contributed by atoms with E-state index in [0.29, 0.717) is 36.8 Å². The average Bonchev–Trinajstić information content (AvgIpc) is 3.27. The van der Waals surface area contributed by atoms with Gasteiger partial charge in [-0.1, -0.05) is 52.0 Å². The SMILES string of the molecule is CC1(C)C2CCC1(CS(=O)(=O)[O-])C(=O)/C2=C/c1ccc(/C=C2/C(=O)C3(CS(=O)(=O)[O-])CCC2C3(C)C)cc1. The van der Waals surface area contributed by atoms with Crippen molar-refractivity contribution in [2.75, 3.05) is 11.5 Å². The molecule has 4 aliphatic rings. The molecule has 0 aromatic heterocycles. The van der Waals surface area contributed by atoms with Gasteiger partial charge in [0.15, 0.2) is 11.6 Å². The molecule has 1 aromatic carbocycles. The largest absolute Gasteiger partial charge is 0.748 e. The molecule has 0 heterocycles. The zero-order valence-electron chi connectivity index (χ0n) is 21.9. The first-order valence-corrected chi connectivity index (χ1v) is 16.0. The number of benzene rings is 1. The van der Waals surface area contributed by atoms with Gasteiger partial charge in [-0.05, 0) is 71.6 Å². The summed E-state index contributed by atoms with van der Waals surface area (Å²) in [5.41, 5.74) is -1.10. The van der Waals surface area contributed by atoms with Crippen LogP contribution in [0.3, 0.4) is 0 Å². The summed E-state index contributed by atoms with van der Waals surface area (Å²) in [6.45, 7) is 7.45. The Bertz CT molecular complexity index is 1400. The number of fused-ring (bicyclic) bond motifs is 4. The Balaban J connectivity index is 1.44. The van der Waals surface area contributed by atoms with E-state index in [4.69, 9.17) is 0 Å². The van der Waals surface area contributed by atoms with Crippen molar-refractivity contribution in [1.29, 1.82) is 0 Å². The van der Waals surface area contributed by atoms with E-state index in [9.17, 15) is 35.5 Å². The lowest BCUT2D eigenvalue weighted by Crippen LogP contribution is -2.42. The third-order valence-corrected chi connectivity index (χ3v) is 12.2. The van der Waals surface area contributed by atoms with E-state index in [1.54, 1.807) is 12.2 Å². The Kier molecular flexibility index (Phi) is 5.91. The topological polar surface area (TPSA) is 149 Å². The number of hydrogen-bond donors (Lipinski definition) is 0. The van der Waals surface area contributed by atoms with E-state index in [1.165, 1.54) is 0 Å². The van der Waals surface area contributed by atoms with Crippen LogP contribution in [0, 0.1) is 33.5 Å². The zero-order valence-corrected chi connectivity index (χ0v) is 23.6. The Labute approximate surface area is 224 Å². The highest BCUT2D eigenvalue weighted by molar-refractivity contribution is 7.86. The van der Waals surface area contributed by atoms with Crippen LogP contribution in [-0.2, 0) is 29.8 Å². The minimum atomic E-state index is -4.58. The van der Waals surface area contributed by atoms with Gasteiger partial charge >= 0.3 is 0 Å². The van der Waals surface area contributed by atoms with Gasteiger partial charge < -0.3 is 9.11 Å². The molecule has 4 saturated carbocycles. The molecule has 4 bridgehead atoms. The molecule has 1 aromatic rings. The molecule has 0 radical (unpaired) electrons. The summed E-state index contributed by atoms with van der Waals surface area (Å²) < 4.78 is 69.9. The minimum absolute atomic E-state index is 0.138. The third-order valence-electron chi connectivity index (χ3n) is 10.5. The zero-order chi connectivity index (χ0) is 28.1. The van der Waals surface area contributed by atoms with Gasteiger partial charge in [-0.3, -0.25) is 9.59 Å². The maximum atomic E-state index is 13.4. The Morgan fingerprint density at radius 3 is 1.32 bits per heavy atom. The highest BCUT2D eigenvalue weighted by atomic mass is 32.2. The summed E-state index contributed by atoms with van der Waals surface area (Å²) >= 11 is 0. The molecule has 0 spiro atoms. The number of rotatable bonds is 6. The number of carbonyl (C=O) groups excluding carboxylic acids is 2. The smallest absolute Gasteiger partial charge is 0.166 e. The van der Waals surface area contributed by atoms with Crippen molar-refractivity contribution in [1.82, 2.24) is 0 Å². The highest BCUT2D eigenvalue weighted by Gasteiger charge is 2.68. The predicted molar refractivity (Wildman–Crippen MR) is 139 cm³/mol. The van der Waals surface area contributed by atoms with Crippen LogP contribution in [0.5, 0.6) is 0 Å². The number of carbonyl (C=O) groups is 2. The molecule has 0 aliphatic heterocycles. The first-order valence-electron chi connectivity index (χ1n) is 12.8. The van der Waals surface area contributed by atoms with Crippen LogP contribution in [-0.4, -0.2) is 49.0 Å². The van der Waals surface area contributed by atoms with Crippen molar-refractivity contribution >= 4 is 44.0 Å². The van der Waals surface area contributed by atoms with E-state index >= 15 is 0 Å². The van der Waals surface area contributed by atoms with E-state index in [0.717, 1.165) is 11.1 Å². The van der Waals surface area contributed by atoms with Gasteiger partial charge in [0.25, 0.3) is 0 Å². The quantitative estimate of drug-likeness (QED) is 0.379. The Morgan fingerprint density at radius 1 is 0.711 bits per heavy atom. The Morgan fingerprint density at radius 2 is 1.03 bits per heavy atom. The van der Waals surface area contributed by atoms with Crippen LogP contribution in [0.25, 0.3) is 12.2 Å². The van der Waals surface area contributed by atoms with Gasteiger partial charge in [-0.25, -0.2) is 16.8 Å². The fraction of sp³-hybridized carbons (Fsp3) is 0.571. The van der Waals surface area contributed by atoms with E-state index in [2.05, 4.69) is 0 Å². The molecule has 4 fully saturated rings. The van der Waals surface area contributed by atoms with Crippen molar-refractivity contribution in [2.24, 2.45) is 33.5 Å². The molecular formula is C28H32O8S2-2. The van der Waals surface area contributed by atoms with Crippen LogP contribution in [0.1, 0.15) is 64.5 Å². The normalized spacial score (nSPS) is 35.6. The van der Waals surface area contributed by atoms with Crippen LogP contribution >= 0.6 is 0 Å². The van der Waals surface area contributed by atoms with E-state index < -0.39 is 53.4 Å². The van der Waals surface area contributed by atoms with Crippen molar-refractivity contribution in [3.8, 4) is 0 Å². The van der Waals surface area contributed by atoms with Gasteiger partial charge in [0, 0.05) is 11.1 Å². The fourth-order valence-electron chi connectivity index (χ4n) is 8.22. The van der Waals surface area contributed by atoms with E-state index in [1.807, 2.05) is 52.0 Å². The lowest BCUT2D eigenvalue weighted by atomic mass is 9.70. The van der Waals surface area contributed by atoms with Gasteiger partial charge in [0.2, 0.25) is 0 Å². The molecule has 5 rings (SSSR count). The molecule has 0 amide bonds. The number of hydrogen-bond acceptors (Lipinski definition) is 8. The lowest BCUT2D eigenvalue weighted by Gasteiger charge is -2.36. The van der Waals surface area contributed by atoms with Crippen LogP contribution in [0.2, 0.25) is 0 Å². The second kappa shape index (κ2) is 8.19. The highest BCUT2D eigenvalue weighted by Crippen LogP contribution is 2.67. The number of Topliss-reactive ketones (excluding diaryl/α,β-unsaturated/α-hetero) is 2. The molecule has 4 aliphatic carbocycles. The summed E-state index contributed by atoms with van der Waals surface area (Å²) in [5, 5.41) is 0. The first-order chi connectivity index (χ1) is 17.3. The maximum Gasteiger partial charge on any atom is 0.166 e. The minimum Gasteiger partial charge on any atom is -0.748 e. The fourth-order valence-corrected chi connectivity index (χ4v) is 10.7. The van der Waals surface area contributed by atoms with E-state index in [-0.39, 0.29) is 23.4 Å². The maximum absolute atomic E-state index is 13.4. The van der Waals surface area contributed by atoms with Crippen molar-refractivity contribution < 1.29 is 35.5 Å². The van der Waals surface area contributed by atoms with Crippen LogP contribution in [0.15, 0.2) is 35.4 Å². The van der Waals surface area contributed by atoms with Crippen molar-refractivity contribution in [2.45, 2.75) is 53.4 Å². The predicted octanol–water partition coefficient (Wildman–Crippen LogP) is 3.55. The monoisotopic (exact) mass is 560 g/mol. The van der Waals surface area contributed by atoms with Gasteiger partial charge in [0.1, 0.15) is 0 Å². The molecule has 8 nitrogen and oxygen atoms in total. The average molecular weight is 561 g/mol. The second-order valence-electron chi connectivity index (χ2n) is 12.7. The Hall–Kier alpha value is -2.14. The summed E-state index contributed by atoms with van der Waals surface area (Å²) in [7, 11) is -9.17. The summed E-state index contributed by atoms with van der Waals surface area (Å²) in [6, 6.07) is 7.24. The second-order valence-corrected chi connectivity index (χ2v) is 15.5. The van der Waals surface area contributed by atoms with Crippen LogP contribution in [0.4, 0.5) is 0 Å². The van der Waals surface area contributed by atoms with Crippen LogP contribution < -0.4 is 0 Å². The molecule has 206 valence electrons. The first kappa shape index (κ1) is 27.4. The molecule has 38 heavy (non-hydrogen) atoms. The molecular weight excluding hydrogens is 528 g/mol. The number of ketones is 2. The standard InChI is InChI=1S/C28H34O8S2/c1-25(2)21-9-11-27(25,15-37(31,32)33)23(29)19(21)13-17-5-7-18(8-6-17)14-20-22-10-12-28(24(20)30,26(22,3)4)16-38(34,35)36/h5-8,13-14,21-22H,9-12,15-16H2,1-4H3,(H,31,32,33)(H,34,35,36)/p-2/b19-13+,20-14+. The molecule has 0 N–H and O–H groups in total. The summed E-state index contributed by atoms with van der Waals surface area (Å²) in [5.74, 6) is -2.18. The molecule has 10 heteroatoms. The number of allylic oxidation sites excluding steroid dienone is 2. The molecule has 0 saturated heterocycles. The summed E-state index contributed by atoms with van der Waals surface area (Å²) in [4.78, 5) is 26.8.